The van der Waals surface area contributed by atoms with Gasteiger partial charge in [-0.05, 0) is 17.7 Å². The van der Waals surface area contributed by atoms with Gasteiger partial charge in [0.2, 0.25) is 10.0 Å². The van der Waals surface area contributed by atoms with Gasteiger partial charge in [0.15, 0.2) is 0 Å². The lowest BCUT2D eigenvalue weighted by Gasteiger charge is -2.13. The van der Waals surface area contributed by atoms with Crippen LogP contribution < -0.4 is 0 Å². The van der Waals surface area contributed by atoms with Gasteiger partial charge in [0.05, 0.1) is 18.9 Å². The second-order valence-corrected chi connectivity index (χ2v) is 5.80. The van der Waals surface area contributed by atoms with Gasteiger partial charge < -0.3 is 4.74 Å². The van der Waals surface area contributed by atoms with Gasteiger partial charge in [-0.25, -0.2) is 17.5 Å². The van der Waals surface area contributed by atoms with Gasteiger partial charge in [0.1, 0.15) is 0 Å². The third-order valence-corrected chi connectivity index (χ3v) is 3.61. The van der Waals surface area contributed by atoms with E-state index in [1.54, 1.807) is 24.3 Å². The molecular weight excluding hydrogens is 242 g/mol. The summed E-state index contributed by atoms with van der Waals surface area (Å²) < 4.78 is 28.2. The van der Waals surface area contributed by atoms with E-state index in [1.807, 2.05) is 0 Å². The topological polar surface area (TPSA) is 63.7 Å². The van der Waals surface area contributed by atoms with Crippen molar-refractivity contribution in [3.05, 3.63) is 35.4 Å². The number of methoxy groups -OCH3 is 1. The number of carbonyl (C=O) groups is 1. The van der Waals surface area contributed by atoms with Crippen LogP contribution in [0.25, 0.3) is 0 Å². The minimum Gasteiger partial charge on any atom is -0.465 e. The fraction of sp³-hybridized carbons (Fsp3) is 0.364. The van der Waals surface area contributed by atoms with E-state index in [0.717, 1.165) is 11.8 Å². The first-order chi connectivity index (χ1) is 7.84. The molecule has 94 valence electrons. The maximum absolute atomic E-state index is 11.2. The molecule has 17 heavy (non-hydrogen) atoms. The first-order valence-electron chi connectivity index (χ1n) is 4.93. The summed E-state index contributed by atoms with van der Waals surface area (Å²) >= 11 is 0. The molecule has 0 fully saturated rings. The van der Waals surface area contributed by atoms with Crippen LogP contribution in [0.3, 0.4) is 0 Å². The number of sulfonamides is 1. The van der Waals surface area contributed by atoms with E-state index in [9.17, 15) is 13.2 Å². The predicted octanol–water partition coefficient (Wildman–Crippen LogP) is 0.865. The van der Waals surface area contributed by atoms with Crippen molar-refractivity contribution in [1.29, 1.82) is 0 Å². The summed E-state index contributed by atoms with van der Waals surface area (Å²) in [4.78, 5) is 11.2. The summed E-state index contributed by atoms with van der Waals surface area (Å²) in [6, 6.07) is 6.62. The molecule has 0 atom stereocenters. The van der Waals surface area contributed by atoms with Crippen LogP contribution in [0.15, 0.2) is 24.3 Å². The number of benzene rings is 1. The first-order valence-corrected chi connectivity index (χ1v) is 6.78. The van der Waals surface area contributed by atoms with E-state index < -0.39 is 16.0 Å². The van der Waals surface area contributed by atoms with E-state index in [-0.39, 0.29) is 6.54 Å². The quantitative estimate of drug-likeness (QED) is 0.751. The summed E-state index contributed by atoms with van der Waals surface area (Å²) in [6.07, 6.45) is 1.15. The van der Waals surface area contributed by atoms with E-state index in [1.165, 1.54) is 18.5 Å². The zero-order chi connectivity index (χ0) is 13.1. The van der Waals surface area contributed by atoms with Gasteiger partial charge in [0.25, 0.3) is 0 Å². The number of hydrogen-bond acceptors (Lipinski definition) is 4. The summed E-state index contributed by atoms with van der Waals surface area (Å²) in [7, 11) is -0.374. The lowest BCUT2D eigenvalue weighted by molar-refractivity contribution is 0.0600. The Bertz CT molecular complexity index is 493. The van der Waals surface area contributed by atoms with Gasteiger partial charge in [-0.15, -0.1) is 0 Å². The molecule has 0 heterocycles. The molecule has 0 N–H and O–H groups in total. The molecule has 0 aromatic heterocycles. The number of nitrogens with zero attached hydrogens (tertiary/aromatic N) is 1. The van der Waals surface area contributed by atoms with Crippen LogP contribution in [0.2, 0.25) is 0 Å². The Kier molecular flexibility index (Phi) is 4.25. The molecule has 0 saturated heterocycles. The average molecular weight is 257 g/mol. The molecule has 1 aromatic carbocycles. The summed E-state index contributed by atoms with van der Waals surface area (Å²) in [5, 5.41) is 0. The maximum Gasteiger partial charge on any atom is 0.337 e. The fourth-order valence-corrected chi connectivity index (χ4v) is 1.62. The van der Waals surface area contributed by atoms with Crippen molar-refractivity contribution >= 4 is 16.0 Å². The summed E-state index contributed by atoms with van der Waals surface area (Å²) in [5.41, 5.74) is 1.25. The van der Waals surface area contributed by atoms with E-state index in [2.05, 4.69) is 4.74 Å². The molecule has 0 saturated carbocycles. The normalized spacial score (nSPS) is 11.5. The van der Waals surface area contributed by atoms with Crippen LogP contribution >= 0.6 is 0 Å². The fourth-order valence-electron chi connectivity index (χ4n) is 1.24. The molecule has 1 aromatic rings. The smallest absolute Gasteiger partial charge is 0.337 e. The average Bonchev–Trinajstić information content (AvgIpc) is 2.27. The molecule has 0 unspecified atom stereocenters. The Morgan fingerprint density at radius 1 is 1.29 bits per heavy atom. The van der Waals surface area contributed by atoms with Gasteiger partial charge in [-0.2, -0.15) is 0 Å². The van der Waals surface area contributed by atoms with Crippen LogP contribution in [-0.2, 0) is 21.3 Å². The highest BCUT2D eigenvalue weighted by atomic mass is 32.2. The van der Waals surface area contributed by atoms with Gasteiger partial charge in [-0.1, -0.05) is 12.1 Å². The molecule has 6 heteroatoms. The largest absolute Gasteiger partial charge is 0.465 e. The molecule has 0 amide bonds. The number of ether oxygens (including phenoxy) is 1. The summed E-state index contributed by atoms with van der Waals surface area (Å²) in [5.74, 6) is -0.409. The Morgan fingerprint density at radius 3 is 2.24 bits per heavy atom. The van der Waals surface area contributed by atoms with E-state index in [4.69, 9.17) is 0 Å². The monoisotopic (exact) mass is 257 g/mol. The Balaban J connectivity index is 2.79. The molecule has 5 nitrogen and oxygen atoms in total. The zero-order valence-electron chi connectivity index (χ0n) is 10.0. The van der Waals surface area contributed by atoms with Crippen molar-refractivity contribution < 1.29 is 17.9 Å². The maximum atomic E-state index is 11.2. The lowest BCUT2D eigenvalue weighted by atomic mass is 10.1. The minimum atomic E-state index is -3.19. The second kappa shape index (κ2) is 5.29. The Hall–Kier alpha value is -1.40. The van der Waals surface area contributed by atoms with Crippen LogP contribution in [0.5, 0.6) is 0 Å². The van der Waals surface area contributed by atoms with Crippen molar-refractivity contribution in [1.82, 2.24) is 4.31 Å². The molecule has 0 aliphatic heterocycles. The van der Waals surface area contributed by atoms with Gasteiger partial charge in [-0.3, -0.25) is 0 Å². The molecule has 0 aliphatic carbocycles. The third kappa shape index (κ3) is 3.83. The highest BCUT2D eigenvalue weighted by Gasteiger charge is 2.11. The third-order valence-electron chi connectivity index (χ3n) is 2.35. The van der Waals surface area contributed by atoms with Crippen LogP contribution in [0.4, 0.5) is 0 Å². The van der Waals surface area contributed by atoms with Crippen LogP contribution in [0, 0.1) is 0 Å². The molecule has 0 spiro atoms. The van der Waals surface area contributed by atoms with Crippen LogP contribution in [-0.4, -0.2) is 39.1 Å². The number of esters is 1. The zero-order valence-corrected chi connectivity index (χ0v) is 10.8. The molecule has 1 rings (SSSR count). The molecule has 0 bridgehead atoms. The minimum absolute atomic E-state index is 0.278. The Morgan fingerprint density at radius 2 is 1.82 bits per heavy atom. The van der Waals surface area contributed by atoms with Crippen molar-refractivity contribution in [3.63, 3.8) is 0 Å². The van der Waals surface area contributed by atoms with Crippen molar-refractivity contribution in [2.75, 3.05) is 20.4 Å². The molecular formula is C11H15NO4S. The number of carbonyl (C=O) groups excluding carboxylic acids is 1. The highest BCUT2D eigenvalue weighted by molar-refractivity contribution is 7.88. The van der Waals surface area contributed by atoms with Gasteiger partial charge >= 0.3 is 5.97 Å². The number of hydrogen-bond donors (Lipinski definition) is 0. The summed E-state index contributed by atoms with van der Waals surface area (Å²) in [6.45, 7) is 0.278. The van der Waals surface area contributed by atoms with Crippen molar-refractivity contribution in [3.8, 4) is 0 Å². The van der Waals surface area contributed by atoms with Crippen molar-refractivity contribution in [2.24, 2.45) is 0 Å². The van der Waals surface area contributed by atoms with Gasteiger partial charge in [0, 0.05) is 13.6 Å². The molecule has 0 aliphatic rings. The van der Waals surface area contributed by atoms with E-state index >= 15 is 0 Å². The van der Waals surface area contributed by atoms with Crippen LogP contribution in [0.1, 0.15) is 15.9 Å². The van der Waals surface area contributed by atoms with E-state index in [0.29, 0.717) is 5.56 Å². The lowest BCUT2D eigenvalue weighted by Crippen LogP contribution is -2.24. The highest BCUT2D eigenvalue weighted by Crippen LogP contribution is 2.09. The standard InChI is InChI=1S/C11H15NO4S/c1-12(17(3,14)15)8-9-4-6-10(7-5-9)11(13)16-2/h4-7H,8H2,1-3H3. The Labute approximate surface area is 101 Å². The first kappa shape index (κ1) is 13.7. The number of rotatable bonds is 4. The van der Waals surface area contributed by atoms with Crippen molar-refractivity contribution in [2.45, 2.75) is 6.54 Å². The predicted molar refractivity (Wildman–Crippen MR) is 64.1 cm³/mol. The SMILES string of the molecule is COC(=O)c1ccc(CN(C)S(C)(=O)=O)cc1. The molecule has 0 radical (unpaired) electrons. The second-order valence-electron chi connectivity index (χ2n) is 3.71.